The van der Waals surface area contributed by atoms with Crippen molar-refractivity contribution >= 4 is 17.5 Å². The van der Waals surface area contributed by atoms with Gasteiger partial charge >= 0.3 is 35.8 Å². The fourth-order valence-electron chi connectivity index (χ4n) is 2.89. The van der Waals surface area contributed by atoms with E-state index in [1.54, 1.807) is 0 Å². The highest BCUT2D eigenvalue weighted by Crippen LogP contribution is 2.61. The second-order valence-corrected chi connectivity index (χ2v) is 7.27. The van der Waals surface area contributed by atoms with Crippen LogP contribution in [-0.4, -0.2) is 53.7 Å². The third-order valence-corrected chi connectivity index (χ3v) is 4.92. The van der Waals surface area contributed by atoms with Crippen molar-refractivity contribution in [3.63, 3.8) is 0 Å². The molecule has 0 aromatic heterocycles. The van der Waals surface area contributed by atoms with Crippen LogP contribution >= 0.6 is 0 Å². The van der Waals surface area contributed by atoms with E-state index in [0.29, 0.717) is 24.0 Å². The largest absolute Gasteiger partial charge is 0.484 e. The van der Waals surface area contributed by atoms with Crippen LogP contribution in [-0.2, 0) is 9.59 Å². The van der Waals surface area contributed by atoms with E-state index in [2.05, 4.69) is 4.74 Å². The molecule has 1 aromatic rings. The number of amides is 2. The van der Waals surface area contributed by atoms with Crippen molar-refractivity contribution in [3.8, 4) is 5.75 Å². The Hall–Kier alpha value is -3.01. The average molecular weight is 549 g/mol. The van der Waals surface area contributed by atoms with E-state index >= 15 is 0 Å². The SMILES string of the molecule is CCC(Oc1ccc(N2C(=O)C=CC2=O)cc1)C(F)(F)C(F)(F)C(F)(F)C(F)(F)C(F)(F)C(F)(F)F. The predicted octanol–water partition coefficient (Wildman–Crippen LogP) is 6.01. The number of benzene rings is 1. The van der Waals surface area contributed by atoms with Gasteiger partial charge < -0.3 is 4.74 Å². The molecule has 1 aromatic carbocycles. The molecule has 0 N–H and O–H groups in total. The Bertz CT molecular complexity index is 1010. The minimum absolute atomic E-state index is 0.187. The first-order chi connectivity index (χ1) is 16.1. The lowest BCUT2D eigenvalue weighted by molar-refractivity contribution is -0.443. The number of ether oxygens (including phenoxy) is 1. The van der Waals surface area contributed by atoms with Gasteiger partial charge in [0.15, 0.2) is 6.10 Å². The normalized spacial score (nSPS) is 17.1. The highest BCUT2D eigenvalue weighted by Gasteiger charge is 2.91. The summed E-state index contributed by atoms with van der Waals surface area (Å²) < 4.78 is 178. The van der Waals surface area contributed by atoms with Crippen LogP contribution in [0, 0.1) is 0 Å². The Balaban J connectivity index is 2.38. The standard InChI is InChI=1S/C19H12F13NO3/c1-2-11(36-10-5-3-9(4-6-10)33-12(34)7-8-13(33)35)14(20,21)15(22,23)16(24,25)17(26,27)18(28,29)19(30,31)32/h3-8,11H,2H2,1H3. The number of alkyl halides is 13. The molecule has 1 unspecified atom stereocenters. The first-order valence-corrected chi connectivity index (χ1v) is 9.36. The molecule has 0 saturated heterocycles. The number of rotatable bonds is 9. The van der Waals surface area contributed by atoms with Crippen LogP contribution in [0.1, 0.15) is 13.3 Å². The molecule has 1 aliphatic rings. The molecule has 1 aliphatic heterocycles. The van der Waals surface area contributed by atoms with E-state index in [1.807, 2.05) is 0 Å². The van der Waals surface area contributed by atoms with Gasteiger partial charge in [-0.15, -0.1) is 0 Å². The summed E-state index contributed by atoms with van der Waals surface area (Å²) in [6.07, 6.45) is -10.6. The summed E-state index contributed by atoms with van der Waals surface area (Å²) >= 11 is 0. The zero-order valence-corrected chi connectivity index (χ0v) is 17.3. The second-order valence-electron chi connectivity index (χ2n) is 7.27. The zero-order chi connectivity index (χ0) is 28.1. The Kier molecular flexibility index (Phi) is 7.17. The third kappa shape index (κ3) is 4.25. The smallest absolute Gasteiger partial charge is 0.460 e. The average Bonchev–Trinajstić information content (AvgIpc) is 3.08. The van der Waals surface area contributed by atoms with Gasteiger partial charge in [-0.05, 0) is 30.7 Å². The van der Waals surface area contributed by atoms with Gasteiger partial charge in [-0.3, -0.25) is 9.59 Å². The van der Waals surface area contributed by atoms with Crippen LogP contribution in [0.4, 0.5) is 62.8 Å². The van der Waals surface area contributed by atoms with Crippen LogP contribution in [0.3, 0.4) is 0 Å². The van der Waals surface area contributed by atoms with Crippen LogP contribution in [0.5, 0.6) is 5.75 Å². The molecule has 36 heavy (non-hydrogen) atoms. The molecule has 202 valence electrons. The van der Waals surface area contributed by atoms with E-state index in [4.69, 9.17) is 0 Å². The molecular weight excluding hydrogens is 537 g/mol. The van der Waals surface area contributed by atoms with Gasteiger partial charge in [-0.2, -0.15) is 57.1 Å². The molecule has 2 rings (SSSR count). The maximum absolute atomic E-state index is 14.4. The molecule has 2 amide bonds. The number of carbonyl (C=O) groups excluding carboxylic acids is 2. The van der Waals surface area contributed by atoms with E-state index in [-0.39, 0.29) is 5.69 Å². The maximum Gasteiger partial charge on any atom is 0.460 e. The van der Waals surface area contributed by atoms with Gasteiger partial charge in [0.25, 0.3) is 11.8 Å². The summed E-state index contributed by atoms with van der Waals surface area (Å²) in [5.41, 5.74) is -0.187. The minimum Gasteiger partial charge on any atom is -0.484 e. The fraction of sp³-hybridized carbons (Fsp3) is 0.474. The van der Waals surface area contributed by atoms with Gasteiger partial charge in [-0.25, -0.2) is 4.90 Å². The number of hydrogen-bond donors (Lipinski definition) is 0. The number of halogens is 13. The van der Waals surface area contributed by atoms with Crippen molar-refractivity contribution in [2.45, 2.75) is 55.2 Å². The van der Waals surface area contributed by atoms with Gasteiger partial charge in [0.1, 0.15) is 5.75 Å². The summed E-state index contributed by atoms with van der Waals surface area (Å²) in [4.78, 5) is 23.7. The van der Waals surface area contributed by atoms with Crippen molar-refractivity contribution in [2.24, 2.45) is 0 Å². The van der Waals surface area contributed by atoms with Crippen LogP contribution < -0.4 is 9.64 Å². The predicted molar refractivity (Wildman–Crippen MR) is 93.6 cm³/mol. The lowest BCUT2D eigenvalue weighted by Crippen LogP contribution is -2.72. The van der Waals surface area contributed by atoms with Gasteiger partial charge in [-0.1, -0.05) is 6.92 Å². The summed E-state index contributed by atoms with van der Waals surface area (Å²) in [5.74, 6) is -40.2. The molecule has 17 heteroatoms. The minimum atomic E-state index is -8.01. The topological polar surface area (TPSA) is 46.6 Å². The first kappa shape index (κ1) is 29.2. The van der Waals surface area contributed by atoms with E-state index in [1.165, 1.54) is 0 Å². The molecule has 1 atom stereocenters. The van der Waals surface area contributed by atoms with Crippen LogP contribution in [0.15, 0.2) is 36.4 Å². The highest BCUT2D eigenvalue weighted by molar-refractivity contribution is 6.28. The Morgan fingerprint density at radius 2 is 1.11 bits per heavy atom. The van der Waals surface area contributed by atoms with Crippen molar-refractivity contribution in [1.29, 1.82) is 0 Å². The molecular formula is C19H12F13NO3. The van der Waals surface area contributed by atoms with Gasteiger partial charge in [0, 0.05) is 12.2 Å². The fourth-order valence-corrected chi connectivity index (χ4v) is 2.89. The number of nitrogens with zero attached hydrogens (tertiary/aromatic N) is 1. The Labute approximate surface area is 192 Å². The number of imide groups is 1. The highest BCUT2D eigenvalue weighted by atomic mass is 19.4. The van der Waals surface area contributed by atoms with Crippen molar-refractivity contribution in [3.05, 3.63) is 36.4 Å². The summed E-state index contributed by atoms with van der Waals surface area (Å²) in [6, 6.07) is 3.06. The molecule has 0 radical (unpaired) electrons. The molecule has 0 aliphatic carbocycles. The number of anilines is 1. The lowest BCUT2D eigenvalue weighted by atomic mass is 9.91. The number of hydrogen-bond acceptors (Lipinski definition) is 3. The zero-order valence-electron chi connectivity index (χ0n) is 17.3. The molecule has 1 heterocycles. The van der Waals surface area contributed by atoms with Crippen molar-refractivity contribution in [1.82, 2.24) is 0 Å². The Morgan fingerprint density at radius 1 is 0.694 bits per heavy atom. The number of carbonyl (C=O) groups is 2. The van der Waals surface area contributed by atoms with E-state index in [9.17, 15) is 66.7 Å². The monoisotopic (exact) mass is 549 g/mol. The molecule has 4 nitrogen and oxygen atoms in total. The first-order valence-electron chi connectivity index (χ1n) is 9.36. The van der Waals surface area contributed by atoms with Crippen LogP contribution in [0.25, 0.3) is 0 Å². The maximum atomic E-state index is 14.4. The molecule has 0 saturated carbocycles. The van der Waals surface area contributed by atoms with Gasteiger partial charge in [0.2, 0.25) is 0 Å². The van der Waals surface area contributed by atoms with Crippen LogP contribution in [0.2, 0.25) is 0 Å². The van der Waals surface area contributed by atoms with Crippen molar-refractivity contribution in [2.75, 3.05) is 4.90 Å². The summed E-state index contributed by atoms with van der Waals surface area (Å²) in [7, 11) is 0. The van der Waals surface area contributed by atoms with Gasteiger partial charge in [0.05, 0.1) is 5.69 Å². The quantitative estimate of drug-likeness (QED) is 0.280. The molecule has 0 bridgehead atoms. The van der Waals surface area contributed by atoms with E-state index in [0.717, 1.165) is 24.3 Å². The summed E-state index contributed by atoms with van der Waals surface area (Å²) in [5, 5.41) is 0. The molecule has 0 spiro atoms. The van der Waals surface area contributed by atoms with Crippen molar-refractivity contribution < 1.29 is 71.4 Å². The summed E-state index contributed by atoms with van der Waals surface area (Å²) in [6.45, 7) is 0.608. The third-order valence-electron chi connectivity index (χ3n) is 4.92. The van der Waals surface area contributed by atoms with E-state index < -0.39 is 65.9 Å². The lowest BCUT2D eigenvalue weighted by Gasteiger charge is -2.41. The second kappa shape index (κ2) is 8.83. The molecule has 0 fully saturated rings. The Morgan fingerprint density at radius 3 is 1.50 bits per heavy atom.